The molecule has 0 saturated heterocycles. The van der Waals surface area contributed by atoms with E-state index in [0.717, 1.165) is 5.69 Å². The molecule has 0 atom stereocenters. The van der Waals surface area contributed by atoms with E-state index in [1.54, 1.807) is 17.8 Å². The molecule has 0 aromatic carbocycles. The highest BCUT2D eigenvalue weighted by atomic mass is 35.5. The number of carbonyl (C=O) groups excluding carboxylic acids is 1. The monoisotopic (exact) mass is 277 g/mol. The highest BCUT2D eigenvalue weighted by molar-refractivity contribution is 6.22. The average Bonchev–Trinajstić information content (AvgIpc) is 2.65. The van der Waals surface area contributed by atoms with Gasteiger partial charge in [-0.2, -0.15) is 5.10 Å². The molecule has 0 unspecified atom stereocenters. The Morgan fingerprint density at radius 1 is 1.53 bits per heavy atom. The number of carbonyl (C=O) groups is 1. The summed E-state index contributed by atoms with van der Waals surface area (Å²) in [7, 11) is 1.73. The van der Waals surface area contributed by atoms with Crippen molar-refractivity contribution in [2.75, 3.05) is 11.8 Å². The van der Waals surface area contributed by atoms with E-state index < -0.39 is 5.54 Å². The Kier molecular flexibility index (Phi) is 4.83. The van der Waals surface area contributed by atoms with Crippen LogP contribution in [0.15, 0.2) is 6.07 Å². The first-order chi connectivity index (χ1) is 7.98. The van der Waals surface area contributed by atoms with Gasteiger partial charge in [0.2, 0.25) is 0 Å². The molecule has 1 heterocycles. The molecule has 1 aromatic rings. The van der Waals surface area contributed by atoms with Crippen LogP contribution >= 0.6 is 23.2 Å². The number of nitrogens with zero attached hydrogens (tertiary/aromatic N) is 2. The molecule has 4 nitrogen and oxygen atoms in total. The fourth-order valence-corrected chi connectivity index (χ4v) is 2.31. The Balaban J connectivity index is 2.88. The quantitative estimate of drug-likeness (QED) is 0.838. The van der Waals surface area contributed by atoms with E-state index in [9.17, 15) is 4.79 Å². The molecule has 96 valence electrons. The van der Waals surface area contributed by atoms with Crippen LogP contribution in [0.5, 0.6) is 0 Å². The van der Waals surface area contributed by atoms with Crippen molar-refractivity contribution in [3.63, 3.8) is 0 Å². The van der Waals surface area contributed by atoms with E-state index in [2.05, 4.69) is 10.4 Å². The molecule has 0 radical (unpaired) electrons. The predicted molar refractivity (Wildman–Crippen MR) is 69.9 cm³/mol. The standard InChI is InChI=1S/C11H17Cl2N3O/c1-4-11(6-12,7-13)14-10(17)9-5-8(2)15-16(9)3/h5H,4,6-7H2,1-3H3,(H,14,17). The summed E-state index contributed by atoms with van der Waals surface area (Å²) in [6.07, 6.45) is 0.683. The van der Waals surface area contributed by atoms with Crippen LogP contribution in [0.25, 0.3) is 0 Å². The van der Waals surface area contributed by atoms with E-state index in [-0.39, 0.29) is 17.7 Å². The van der Waals surface area contributed by atoms with Crippen molar-refractivity contribution in [2.24, 2.45) is 7.05 Å². The molecule has 0 aliphatic rings. The fraction of sp³-hybridized carbons (Fsp3) is 0.636. The van der Waals surface area contributed by atoms with Gasteiger partial charge in [0.25, 0.3) is 5.91 Å². The van der Waals surface area contributed by atoms with Gasteiger partial charge in [0, 0.05) is 18.8 Å². The topological polar surface area (TPSA) is 46.9 Å². The minimum Gasteiger partial charge on any atom is -0.343 e. The van der Waals surface area contributed by atoms with Crippen LogP contribution in [0, 0.1) is 6.92 Å². The first-order valence-electron chi connectivity index (χ1n) is 5.43. The lowest BCUT2D eigenvalue weighted by Crippen LogP contribution is -2.51. The average molecular weight is 278 g/mol. The van der Waals surface area contributed by atoms with Crippen LogP contribution in [0.2, 0.25) is 0 Å². The Morgan fingerprint density at radius 2 is 2.12 bits per heavy atom. The van der Waals surface area contributed by atoms with Gasteiger partial charge in [-0.1, -0.05) is 6.92 Å². The Morgan fingerprint density at radius 3 is 2.47 bits per heavy atom. The Bertz CT molecular complexity index is 391. The van der Waals surface area contributed by atoms with Gasteiger partial charge in [-0.15, -0.1) is 23.2 Å². The summed E-state index contributed by atoms with van der Waals surface area (Å²) in [6, 6.07) is 1.73. The van der Waals surface area contributed by atoms with Crippen molar-refractivity contribution >= 4 is 29.1 Å². The van der Waals surface area contributed by atoms with Crippen LogP contribution in [-0.2, 0) is 7.05 Å². The first kappa shape index (κ1) is 14.3. The molecule has 0 bridgehead atoms. The summed E-state index contributed by atoms with van der Waals surface area (Å²) in [6.45, 7) is 3.78. The van der Waals surface area contributed by atoms with E-state index in [4.69, 9.17) is 23.2 Å². The van der Waals surface area contributed by atoms with Crippen LogP contribution < -0.4 is 5.32 Å². The number of hydrogen-bond donors (Lipinski definition) is 1. The van der Waals surface area contributed by atoms with Crippen molar-refractivity contribution in [3.8, 4) is 0 Å². The van der Waals surface area contributed by atoms with E-state index in [1.165, 1.54) is 0 Å². The molecule has 1 rings (SSSR count). The smallest absolute Gasteiger partial charge is 0.270 e. The van der Waals surface area contributed by atoms with Gasteiger partial charge in [-0.3, -0.25) is 9.48 Å². The van der Waals surface area contributed by atoms with Crippen molar-refractivity contribution in [3.05, 3.63) is 17.5 Å². The van der Waals surface area contributed by atoms with Gasteiger partial charge in [-0.05, 0) is 19.4 Å². The third-order valence-corrected chi connectivity index (χ3v) is 3.82. The molecule has 0 saturated carbocycles. The summed E-state index contributed by atoms with van der Waals surface area (Å²) >= 11 is 11.8. The number of halogens is 2. The Hall–Kier alpha value is -0.740. The van der Waals surface area contributed by atoms with Gasteiger partial charge in [0.15, 0.2) is 0 Å². The fourth-order valence-electron chi connectivity index (χ4n) is 1.51. The molecule has 0 aliphatic carbocycles. The number of nitrogens with one attached hydrogen (secondary N) is 1. The van der Waals surface area contributed by atoms with Crippen LogP contribution in [0.4, 0.5) is 0 Å². The van der Waals surface area contributed by atoms with Crippen molar-refractivity contribution in [2.45, 2.75) is 25.8 Å². The summed E-state index contributed by atoms with van der Waals surface area (Å²) < 4.78 is 1.55. The van der Waals surface area contributed by atoms with Gasteiger partial charge in [0.1, 0.15) is 5.69 Å². The maximum atomic E-state index is 12.1. The normalized spacial score (nSPS) is 11.6. The van der Waals surface area contributed by atoms with Gasteiger partial charge in [-0.25, -0.2) is 0 Å². The second-order valence-electron chi connectivity index (χ2n) is 4.15. The van der Waals surface area contributed by atoms with Gasteiger partial charge in [0.05, 0.1) is 11.2 Å². The maximum Gasteiger partial charge on any atom is 0.270 e. The molecule has 1 aromatic heterocycles. The second kappa shape index (κ2) is 5.74. The van der Waals surface area contributed by atoms with Crippen LogP contribution in [-0.4, -0.2) is 33.0 Å². The van der Waals surface area contributed by atoms with E-state index in [0.29, 0.717) is 12.1 Å². The van der Waals surface area contributed by atoms with E-state index in [1.807, 2.05) is 13.8 Å². The minimum atomic E-state index is -0.557. The first-order valence-corrected chi connectivity index (χ1v) is 6.50. The summed E-state index contributed by atoms with van der Waals surface area (Å²) in [5.41, 5.74) is 0.755. The Labute approximate surface area is 111 Å². The highest BCUT2D eigenvalue weighted by Crippen LogP contribution is 2.16. The minimum absolute atomic E-state index is 0.198. The lowest BCUT2D eigenvalue weighted by molar-refractivity contribution is 0.0904. The SMILES string of the molecule is CCC(CCl)(CCl)NC(=O)c1cc(C)nn1C. The molecule has 0 fully saturated rings. The molecule has 1 N–H and O–H groups in total. The lowest BCUT2D eigenvalue weighted by Gasteiger charge is -2.29. The molecule has 0 spiro atoms. The van der Waals surface area contributed by atoms with Crippen LogP contribution in [0.3, 0.4) is 0 Å². The maximum absolute atomic E-state index is 12.1. The van der Waals surface area contributed by atoms with Crippen molar-refractivity contribution in [1.29, 1.82) is 0 Å². The third-order valence-electron chi connectivity index (χ3n) is 2.80. The predicted octanol–water partition coefficient (Wildman–Crippen LogP) is 2.08. The zero-order valence-electron chi connectivity index (χ0n) is 10.3. The molecule has 6 heteroatoms. The molecular weight excluding hydrogens is 261 g/mol. The summed E-state index contributed by atoms with van der Waals surface area (Å²) in [5.74, 6) is 0.377. The van der Waals surface area contributed by atoms with Crippen molar-refractivity contribution in [1.82, 2.24) is 15.1 Å². The summed E-state index contributed by atoms with van der Waals surface area (Å²) in [5, 5.41) is 7.02. The summed E-state index contributed by atoms with van der Waals surface area (Å²) in [4.78, 5) is 12.1. The molecule has 0 aliphatic heterocycles. The number of aryl methyl sites for hydroxylation is 2. The molecule has 17 heavy (non-hydrogen) atoms. The van der Waals surface area contributed by atoms with E-state index >= 15 is 0 Å². The second-order valence-corrected chi connectivity index (χ2v) is 4.68. The van der Waals surface area contributed by atoms with Crippen molar-refractivity contribution < 1.29 is 4.79 Å². The number of amides is 1. The number of rotatable bonds is 5. The number of alkyl halides is 2. The zero-order valence-corrected chi connectivity index (χ0v) is 11.8. The zero-order chi connectivity index (χ0) is 13.1. The van der Waals surface area contributed by atoms with Crippen LogP contribution in [0.1, 0.15) is 29.5 Å². The van der Waals surface area contributed by atoms with Gasteiger partial charge < -0.3 is 5.32 Å². The number of aromatic nitrogens is 2. The lowest BCUT2D eigenvalue weighted by atomic mass is 10.0. The molecular formula is C11H17Cl2N3O. The largest absolute Gasteiger partial charge is 0.343 e. The highest BCUT2D eigenvalue weighted by Gasteiger charge is 2.29. The van der Waals surface area contributed by atoms with Gasteiger partial charge >= 0.3 is 0 Å². The number of hydrogen-bond acceptors (Lipinski definition) is 2. The molecule has 1 amide bonds. The third kappa shape index (κ3) is 3.13.